The van der Waals surface area contributed by atoms with Gasteiger partial charge in [-0.2, -0.15) is 0 Å². The second-order valence-corrected chi connectivity index (χ2v) is 5.41. The molecule has 1 N–H and O–H groups in total. The van der Waals surface area contributed by atoms with Crippen molar-refractivity contribution in [3.8, 4) is 0 Å². The minimum Gasteiger partial charge on any atom is -0.465 e. The third kappa shape index (κ3) is 4.19. The molecule has 23 heavy (non-hydrogen) atoms. The molecule has 0 saturated heterocycles. The molecule has 0 unspecified atom stereocenters. The van der Waals surface area contributed by atoms with Crippen molar-refractivity contribution in [2.24, 2.45) is 0 Å². The summed E-state index contributed by atoms with van der Waals surface area (Å²) < 4.78 is 4.65. The molecule has 0 heterocycles. The van der Waals surface area contributed by atoms with Crippen molar-refractivity contribution >= 4 is 11.9 Å². The topological polar surface area (TPSA) is 55.4 Å². The van der Waals surface area contributed by atoms with Crippen LogP contribution in [0.1, 0.15) is 51.2 Å². The Hall–Kier alpha value is -2.62. The van der Waals surface area contributed by atoms with Gasteiger partial charge in [-0.1, -0.05) is 36.8 Å². The highest BCUT2D eigenvalue weighted by molar-refractivity contribution is 5.96. The van der Waals surface area contributed by atoms with Gasteiger partial charge >= 0.3 is 5.97 Å². The zero-order valence-corrected chi connectivity index (χ0v) is 13.6. The summed E-state index contributed by atoms with van der Waals surface area (Å²) in [7, 11) is 1.33. The SMILES string of the molecule is CC[C@H](NC(=O)c1ccc(C(=O)OC)cc1)c1ccc(C)cc1. The number of methoxy groups -OCH3 is 1. The van der Waals surface area contributed by atoms with Crippen molar-refractivity contribution < 1.29 is 14.3 Å². The fourth-order valence-corrected chi connectivity index (χ4v) is 2.34. The van der Waals surface area contributed by atoms with E-state index in [-0.39, 0.29) is 11.9 Å². The van der Waals surface area contributed by atoms with Gasteiger partial charge in [-0.3, -0.25) is 4.79 Å². The minimum atomic E-state index is -0.414. The second-order valence-electron chi connectivity index (χ2n) is 5.41. The summed E-state index contributed by atoms with van der Waals surface area (Å²) in [5.74, 6) is -0.572. The van der Waals surface area contributed by atoms with Crippen LogP contribution in [0.4, 0.5) is 0 Å². The molecule has 0 fully saturated rings. The maximum Gasteiger partial charge on any atom is 0.337 e. The predicted molar refractivity (Wildman–Crippen MR) is 89.5 cm³/mol. The molecule has 0 radical (unpaired) electrons. The molecule has 2 aromatic rings. The highest BCUT2D eigenvalue weighted by Gasteiger charge is 2.14. The second kappa shape index (κ2) is 7.58. The molecule has 0 aliphatic heterocycles. The molecule has 4 nitrogen and oxygen atoms in total. The van der Waals surface area contributed by atoms with Gasteiger partial charge < -0.3 is 10.1 Å². The average Bonchev–Trinajstić information content (AvgIpc) is 2.59. The maximum atomic E-state index is 12.4. The van der Waals surface area contributed by atoms with Crippen molar-refractivity contribution in [1.29, 1.82) is 0 Å². The van der Waals surface area contributed by atoms with Gasteiger partial charge in [-0.25, -0.2) is 4.79 Å². The smallest absolute Gasteiger partial charge is 0.337 e. The molecule has 120 valence electrons. The lowest BCUT2D eigenvalue weighted by atomic mass is 10.0. The molecule has 0 bridgehead atoms. The quantitative estimate of drug-likeness (QED) is 0.857. The van der Waals surface area contributed by atoms with Crippen LogP contribution in [0.5, 0.6) is 0 Å². The Balaban J connectivity index is 2.10. The van der Waals surface area contributed by atoms with Gasteiger partial charge in [-0.15, -0.1) is 0 Å². The molecule has 4 heteroatoms. The van der Waals surface area contributed by atoms with E-state index in [2.05, 4.69) is 10.1 Å². The van der Waals surface area contributed by atoms with Gasteiger partial charge in [0.2, 0.25) is 0 Å². The Morgan fingerprint density at radius 3 is 2.09 bits per heavy atom. The molecular weight excluding hydrogens is 290 g/mol. The van der Waals surface area contributed by atoms with Crippen LogP contribution in [0.15, 0.2) is 48.5 Å². The predicted octanol–water partition coefficient (Wildman–Crippen LogP) is 3.66. The molecule has 1 atom stereocenters. The Bertz CT molecular complexity index is 675. The van der Waals surface area contributed by atoms with E-state index in [4.69, 9.17) is 0 Å². The number of rotatable bonds is 5. The Kier molecular flexibility index (Phi) is 5.52. The van der Waals surface area contributed by atoms with E-state index in [1.54, 1.807) is 24.3 Å². The summed E-state index contributed by atoms with van der Waals surface area (Å²) in [6.45, 7) is 4.07. The Morgan fingerprint density at radius 2 is 1.57 bits per heavy atom. The van der Waals surface area contributed by atoms with Crippen LogP contribution in [0.2, 0.25) is 0 Å². The molecule has 0 saturated carbocycles. The standard InChI is InChI=1S/C19H21NO3/c1-4-17(14-7-5-13(2)6-8-14)20-18(21)15-9-11-16(12-10-15)19(22)23-3/h5-12,17H,4H2,1-3H3,(H,20,21)/t17-/m0/s1. The summed E-state index contributed by atoms with van der Waals surface area (Å²) in [5, 5.41) is 3.03. The van der Waals surface area contributed by atoms with E-state index in [9.17, 15) is 9.59 Å². The van der Waals surface area contributed by atoms with Gasteiger partial charge in [0.25, 0.3) is 5.91 Å². The molecule has 1 amide bonds. The first-order valence-corrected chi connectivity index (χ1v) is 7.61. The van der Waals surface area contributed by atoms with Crippen molar-refractivity contribution in [3.05, 3.63) is 70.8 Å². The maximum absolute atomic E-state index is 12.4. The van der Waals surface area contributed by atoms with Crippen molar-refractivity contribution in [3.63, 3.8) is 0 Å². The highest BCUT2D eigenvalue weighted by atomic mass is 16.5. The molecule has 0 aliphatic rings. The zero-order chi connectivity index (χ0) is 16.8. The van der Waals surface area contributed by atoms with Crippen molar-refractivity contribution in [2.75, 3.05) is 7.11 Å². The van der Waals surface area contributed by atoms with Gasteiger partial charge in [0.05, 0.1) is 18.7 Å². The third-order valence-electron chi connectivity index (χ3n) is 3.76. The first-order valence-electron chi connectivity index (χ1n) is 7.61. The van der Waals surface area contributed by atoms with Crippen molar-refractivity contribution in [1.82, 2.24) is 5.32 Å². The number of hydrogen-bond acceptors (Lipinski definition) is 3. The summed E-state index contributed by atoms with van der Waals surface area (Å²) in [6, 6.07) is 14.5. The van der Waals surface area contributed by atoms with Crippen LogP contribution in [0, 0.1) is 6.92 Å². The molecular formula is C19H21NO3. The van der Waals surface area contributed by atoms with Gasteiger partial charge in [0.15, 0.2) is 0 Å². The lowest BCUT2D eigenvalue weighted by Gasteiger charge is -2.18. The first kappa shape index (κ1) is 16.7. The largest absolute Gasteiger partial charge is 0.465 e. The molecule has 0 spiro atoms. The summed E-state index contributed by atoms with van der Waals surface area (Å²) in [6.07, 6.45) is 0.801. The van der Waals surface area contributed by atoms with E-state index in [0.717, 1.165) is 12.0 Å². The van der Waals surface area contributed by atoms with Crippen molar-refractivity contribution in [2.45, 2.75) is 26.3 Å². The zero-order valence-electron chi connectivity index (χ0n) is 13.6. The number of nitrogens with one attached hydrogen (secondary N) is 1. The van der Waals surface area contributed by atoms with Gasteiger partial charge in [0.1, 0.15) is 0 Å². The van der Waals surface area contributed by atoms with Crippen LogP contribution in [0.25, 0.3) is 0 Å². The first-order chi connectivity index (χ1) is 11.0. The Labute approximate surface area is 136 Å². The molecule has 0 aliphatic carbocycles. The van der Waals surface area contributed by atoms with E-state index in [1.807, 2.05) is 38.1 Å². The number of hydrogen-bond donors (Lipinski definition) is 1. The normalized spacial score (nSPS) is 11.6. The van der Waals surface area contributed by atoms with Crippen LogP contribution >= 0.6 is 0 Å². The average molecular weight is 311 g/mol. The van der Waals surface area contributed by atoms with Crippen LogP contribution in [0.3, 0.4) is 0 Å². The monoisotopic (exact) mass is 311 g/mol. The minimum absolute atomic E-state index is 0.0385. The fourth-order valence-electron chi connectivity index (χ4n) is 2.34. The number of aryl methyl sites for hydroxylation is 1. The summed E-state index contributed by atoms with van der Waals surface area (Å²) in [4.78, 5) is 23.8. The van der Waals surface area contributed by atoms with Crippen LogP contribution in [-0.2, 0) is 4.74 Å². The van der Waals surface area contributed by atoms with E-state index in [0.29, 0.717) is 11.1 Å². The molecule has 2 rings (SSSR count). The summed E-state index contributed by atoms with van der Waals surface area (Å²) in [5.41, 5.74) is 3.21. The fraction of sp³-hybridized carbons (Fsp3) is 0.263. The molecule has 2 aromatic carbocycles. The van der Waals surface area contributed by atoms with Crippen LogP contribution in [-0.4, -0.2) is 19.0 Å². The lowest BCUT2D eigenvalue weighted by Crippen LogP contribution is -2.28. The summed E-state index contributed by atoms with van der Waals surface area (Å²) >= 11 is 0. The number of carbonyl (C=O) groups excluding carboxylic acids is 2. The molecule has 0 aromatic heterocycles. The lowest BCUT2D eigenvalue weighted by molar-refractivity contribution is 0.0600. The van der Waals surface area contributed by atoms with E-state index in [1.165, 1.54) is 12.7 Å². The van der Waals surface area contributed by atoms with Gasteiger partial charge in [-0.05, 0) is 43.2 Å². The van der Waals surface area contributed by atoms with Crippen LogP contribution < -0.4 is 5.32 Å². The third-order valence-corrected chi connectivity index (χ3v) is 3.76. The Morgan fingerprint density at radius 1 is 1.00 bits per heavy atom. The number of ether oxygens (including phenoxy) is 1. The number of esters is 1. The van der Waals surface area contributed by atoms with Gasteiger partial charge in [0, 0.05) is 5.56 Å². The highest BCUT2D eigenvalue weighted by Crippen LogP contribution is 2.18. The number of amides is 1. The van der Waals surface area contributed by atoms with E-state index >= 15 is 0 Å². The number of benzene rings is 2. The van der Waals surface area contributed by atoms with E-state index < -0.39 is 5.97 Å². The number of carbonyl (C=O) groups is 2.